The van der Waals surface area contributed by atoms with Crippen LogP contribution < -0.4 is 5.73 Å². The minimum Gasteiger partial charge on any atom is -0.366 e. The van der Waals surface area contributed by atoms with E-state index in [1.165, 1.54) is 24.4 Å². The van der Waals surface area contributed by atoms with Gasteiger partial charge in [-0.15, -0.1) is 0 Å². The van der Waals surface area contributed by atoms with Crippen LogP contribution in [0.5, 0.6) is 0 Å². The van der Waals surface area contributed by atoms with Crippen molar-refractivity contribution in [1.29, 1.82) is 0 Å². The Morgan fingerprint density at radius 1 is 1.00 bits per heavy atom. The number of nitrogens with zero attached hydrogens (tertiary/aromatic N) is 1. The van der Waals surface area contributed by atoms with Crippen molar-refractivity contribution in [2.45, 2.75) is 11.9 Å². The summed E-state index contributed by atoms with van der Waals surface area (Å²) in [5, 5.41) is 10.2. The van der Waals surface area contributed by atoms with Crippen LogP contribution in [0.4, 0.5) is 13.2 Å². The maximum atomic E-state index is 12.6. The van der Waals surface area contributed by atoms with Crippen LogP contribution >= 0.6 is 0 Å². The average Bonchev–Trinajstić information content (AvgIpc) is 2.39. The van der Waals surface area contributed by atoms with Crippen LogP contribution in [0.1, 0.15) is 16.8 Å². The fraction of sp³-hybridized carbons (Fsp3) is 0.154. The summed E-state index contributed by atoms with van der Waals surface area (Å²) in [6.07, 6.45) is -3.09. The highest BCUT2D eigenvalue weighted by atomic mass is 19.4. The Bertz CT molecular complexity index is 568. The Morgan fingerprint density at radius 3 is 2.26 bits per heavy atom. The van der Waals surface area contributed by atoms with Gasteiger partial charge in [-0.05, 0) is 24.3 Å². The average molecular weight is 268 g/mol. The molecule has 2 aromatic rings. The monoisotopic (exact) mass is 268 g/mol. The number of halogens is 3. The van der Waals surface area contributed by atoms with E-state index in [9.17, 15) is 18.3 Å². The number of hydrogen-bond acceptors (Lipinski definition) is 3. The first kappa shape index (κ1) is 13.5. The van der Waals surface area contributed by atoms with Gasteiger partial charge >= 0.3 is 6.18 Å². The molecule has 0 aliphatic heterocycles. The summed E-state index contributed by atoms with van der Waals surface area (Å²) >= 11 is 0. The second-order valence-electron chi connectivity index (χ2n) is 4.06. The molecule has 1 aromatic heterocycles. The lowest BCUT2D eigenvalue weighted by Crippen LogP contribution is -2.38. The smallest absolute Gasteiger partial charge is 0.366 e. The summed E-state index contributed by atoms with van der Waals surface area (Å²) in [7, 11) is 0. The predicted octanol–water partition coefficient (Wildman–Crippen LogP) is 2.25. The normalized spacial score (nSPS) is 15.0. The van der Waals surface area contributed by atoms with E-state index in [0.717, 1.165) is 12.1 Å². The molecule has 0 saturated heterocycles. The highest BCUT2D eigenvalue weighted by Gasteiger charge is 2.34. The van der Waals surface area contributed by atoms with Crippen molar-refractivity contribution in [1.82, 2.24) is 4.98 Å². The number of nitrogens with two attached hydrogens (primary N) is 1. The van der Waals surface area contributed by atoms with E-state index in [-0.39, 0.29) is 11.3 Å². The minimum absolute atomic E-state index is 0.0685. The van der Waals surface area contributed by atoms with Gasteiger partial charge in [-0.3, -0.25) is 10.7 Å². The molecule has 0 spiro atoms. The standard InChI is InChI=1S/C13H11F3N2O/c14-13(15,16)10-5-3-4-9(8-10)12(17,19)11-6-1-2-7-18-11/h1-8,19H,17H2. The third-order valence-corrected chi connectivity index (χ3v) is 2.69. The summed E-state index contributed by atoms with van der Waals surface area (Å²) in [5.74, 6) is 0. The Kier molecular flexibility index (Phi) is 3.30. The molecule has 0 radical (unpaired) electrons. The van der Waals surface area contributed by atoms with Crippen LogP contribution in [-0.4, -0.2) is 10.1 Å². The van der Waals surface area contributed by atoms with Crippen LogP contribution in [0, 0.1) is 0 Å². The van der Waals surface area contributed by atoms with Crippen LogP contribution in [0.2, 0.25) is 0 Å². The topological polar surface area (TPSA) is 59.1 Å². The largest absolute Gasteiger partial charge is 0.416 e. The van der Waals surface area contributed by atoms with Crippen LogP contribution in [-0.2, 0) is 11.9 Å². The van der Waals surface area contributed by atoms with Gasteiger partial charge in [-0.25, -0.2) is 0 Å². The van der Waals surface area contributed by atoms with Crippen molar-refractivity contribution in [3.05, 3.63) is 65.5 Å². The number of rotatable bonds is 2. The van der Waals surface area contributed by atoms with Gasteiger partial charge in [0.05, 0.1) is 11.3 Å². The zero-order valence-corrected chi connectivity index (χ0v) is 9.72. The predicted molar refractivity (Wildman–Crippen MR) is 62.9 cm³/mol. The van der Waals surface area contributed by atoms with Crippen LogP contribution in [0.25, 0.3) is 0 Å². The highest BCUT2D eigenvalue weighted by Crippen LogP contribution is 2.32. The summed E-state index contributed by atoms with van der Waals surface area (Å²) < 4.78 is 37.9. The van der Waals surface area contributed by atoms with Crippen molar-refractivity contribution in [2.75, 3.05) is 0 Å². The highest BCUT2D eigenvalue weighted by molar-refractivity contribution is 5.34. The Morgan fingerprint density at radius 2 is 1.68 bits per heavy atom. The lowest BCUT2D eigenvalue weighted by atomic mass is 9.97. The van der Waals surface area contributed by atoms with Gasteiger partial charge in [0.1, 0.15) is 0 Å². The van der Waals surface area contributed by atoms with Gasteiger partial charge in [0, 0.05) is 11.8 Å². The maximum Gasteiger partial charge on any atom is 0.416 e. The molecule has 6 heteroatoms. The second-order valence-corrected chi connectivity index (χ2v) is 4.06. The molecule has 100 valence electrons. The van der Waals surface area contributed by atoms with Crippen molar-refractivity contribution < 1.29 is 18.3 Å². The number of alkyl halides is 3. The fourth-order valence-corrected chi connectivity index (χ4v) is 1.67. The van der Waals surface area contributed by atoms with E-state index in [0.29, 0.717) is 0 Å². The zero-order chi connectivity index (χ0) is 14.1. The van der Waals surface area contributed by atoms with Gasteiger partial charge in [0.25, 0.3) is 0 Å². The lowest BCUT2D eigenvalue weighted by molar-refractivity contribution is -0.137. The summed E-state index contributed by atoms with van der Waals surface area (Å²) in [6, 6.07) is 8.90. The van der Waals surface area contributed by atoms with E-state index in [4.69, 9.17) is 5.73 Å². The molecule has 0 fully saturated rings. The molecule has 0 aliphatic carbocycles. The molecule has 0 bridgehead atoms. The number of aliphatic hydroxyl groups is 1. The van der Waals surface area contributed by atoms with E-state index in [1.54, 1.807) is 12.1 Å². The molecule has 3 N–H and O–H groups in total. The molecule has 1 unspecified atom stereocenters. The van der Waals surface area contributed by atoms with Crippen LogP contribution in [0.15, 0.2) is 48.7 Å². The molecule has 1 heterocycles. The molecule has 1 aromatic carbocycles. The Balaban J connectivity index is 2.47. The van der Waals surface area contributed by atoms with E-state index in [1.807, 2.05) is 0 Å². The van der Waals surface area contributed by atoms with Gasteiger partial charge < -0.3 is 5.11 Å². The summed E-state index contributed by atoms with van der Waals surface area (Å²) in [6.45, 7) is 0. The van der Waals surface area contributed by atoms with Crippen molar-refractivity contribution in [3.63, 3.8) is 0 Å². The molecular weight excluding hydrogens is 257 g/mol. The minimum atomic E-state index is -4.49. The Hall–Kier alpha value is -1.92. The lowest BCUT2D eigenvalue weighted by Gasteiger charge is -2.23. The van der Waals surface area contributed by atoms with Crippen molar-refractivity contribution in [2.24, 2.45) is 5.73 Å². The molecule has 19 heavy (non-hydrogen) atoms. The first-order valence-corrected chi connectivity index (χ1v) is 5.42. The molecule has 0 amide bonds. The first-order chi connectivity index (χ1) is 8.82. The van der Waals surface area contributed by atoms with Gasteiger partial charge in [-0.1, -0.05) is 18.2 Å². The number of hydrogen-bond donors (Lipinski definition) is 2. The molecule has 2 rings (SSSR count). The summed E-state index contributed by atoms with van der Waals surface area (Å²) in [5.41, 5.74) is 2.77. The summed E-state index contributed by atoms with van der Waals surface area (Å²) in [4.78, 5) is 3.86. The molecular formula is C13H11F3N2O. The van der Waals surface area contributed by atoms with Crippen molar-refractivity contribution in [3.8, 4) is 0 Å². The molecule has 3 nitrogen and oxygen atoms in total. The van der Waals surface area contributed by atoms with E-state index < -0.39 is 17.5 Å². The van der Waals surface area contributed by atoms with Crippen molar-refractivity contribution >= 4 is 0 Å². The molecule has 0 saturated carbocycles. The number of benzene rings is 1. The quantitative estimate of drug-likeness (QED) is 0.821. The van der Waals surface area contributed by atoms with Crippen LogP contribution in [0.3, 0.4) is 0 Å². The third-order valence-electron chi connectivity index (χ3n) is 2.69. The SMILES string of the molecule is NC(O)(c1cccc(C(F)(F)F)c1)c1ccccn1. The Labute approximate surface area is 107 Å². The first-order valence-electron chi connectivity index (χ1n) is 5.42. The second kappa shape index (κ2) is 4.64. The molecule has 1 atom stereocenters. The van der Waals surface area contributed by atoms with Gasteiger partial charge in [-0.2, -0.15) is 13.2 Å². The van der Waals surface area contributed by atoms with E-state index >= 15 is 0 Å². The van der Waals surface area contributed by atoms with Gasteiger partial charge in [0.2, 0.25) is 0 Å². The number of pyridine rings is 1. The van der Waals surface area contributed by atoms with E-state index in [2.05, 4.69) is 4.98 Å². The fourth-order valence-electron chi connectivity index (χ4n) is 1.67. The molecule has 0 aliphatic rings. The van der Waals surface area contributed by atoms with Gasteiger partial charge in [0.15, 0.2) is 5.72 Å². The number of aromatic nitrogens is 1. The zero-order valence-electron chi connectivity index (χ0n) is 9.72. The maximum absolute atomic E-state index is 12.6. The third kappa shape index (κ3) is 2.74.